The summed E-state index contributed by atoms with van der Waals surface area (Å²) in [7, 11) is 0. The first kappa shape index (κ1) is 27.5. The van der Waals surface area contributed by atoms with Crippen LogP contribution in [0.3, 0.4) is 0 Å². The van der Waals surface area contributed by atoms with E-state index in [0.717, 1.165) is 30.4 Å². The summed E-state index contributed by atoms with van der Waals surface area (Å²) < 4.78 is 0. The van der Waals surface area contributed by atoms with Crippen molar-refractivity contribution in [2.45, 2.75) is 92.6 Å². The summed E-state index contributed by atoms with van der Waals surface area (Å²) in [4.78, 5) is 22.3. The van der Waals surface area contributed by atoms with Crippen LogP contribution in [0.5, 0.6) is 0 Å². The third-order valence-electron chi connectivity index (χ3n) is 6.82. The van der Waals surface area contributed by atoms with Crippen LogP contribution in [0.2, 0.25) is 0 Å². The van der Waals surface area contributed by atoms with Gasteiger partial charge in [0.25, 0.3) is 0 Å². The van der Waals surface area contributed by atoms with Gasteiger partial charge >= 0.3 is 5.91 Å². The molecule has 0 saturated carbocycles. The SMILES string of the molecule is C#C/C(=C\C(C)=C(/C)C(=O)N=O)C(CC)(CC)c1ccc(CCC(O)C(C)(C)C)c(C)c1. The molecule has 0 aliphatic rings. The van der Waals surface area contributed by atoms with Crippen molar-refractivity contribution in [2.24, 2.45) is 10.6 Å². The molecule has 32 heavy (non-hydrogen) atoms. The van der Waals surface area contributed by atoms with Gasteiger partial charge in [0.15, 0.2) is 0 Å². The molecule has 0 aliphatic carbocycles. The van der Waals surface area contributed by atoms with Gasteiger partial charge in [0, 0.05) is 21.7 Å². The minimum Gasteiger partial charge on any atom is -0.393 e. The summed E-state index contributed by atoms with van der Waals surface area (Å²) in [6, 6.07) is 6.47. The van der Waals surface area contributed by atoms with Gasteiger partial charge in [-0.05, 0) is 80.2 Å². The molecule has 0 bridgehead atoms. The number of terminal acetylenes is 1. The highest BCUT2D eigenvalue weighted by Gasteiger charge is 2.33. The Balaban J connectivity index is 3.42. The van der Waals surface area contributed by atoms with E-state index in [9.17, 15) is 14.8 Å². The first-order valence-electron chi connectivity index (χ1n) is 11.4. The molecule has 1 unspecified atom stereocenters. The summed E-state index contributed by atoms with van der Waals surface area (Å²) in [5, 5.41) is 12.9. The minimum atomic E-state index is -0.772. The van der Waals surface area contributed by atoms with E-state index in [4.69, 9.17) is 6.42 Å². The van der Waals surface area contributed by atoms with Crippen molar-refractivity contribution in [2.75, 3.05) is 0 Å². The molecule has 1 amide bonds. The van der Waals surface area contributed by atoms with Crippen LogP contribution in [0, 0.1) is 29.6 Å². The molecule has 174 valence electrons. The molecule has 0 radical (unpaired) electrons. The van der Waals surface area contributed by atoms with E-state index < -0.39 is 5.91 Å². The average Bonchev–Trinajstić information content (AvgIpc) is 2.76. The van der Waals surface area contributed by atoms with Crippen LogP contribution >= 0.6 is 0 Å². The fourth-order valence-corrected chi connectivity index (χ4v) is 4.07. The third kappa shape index (κ3) is 6.26. The number of aliphatic hydroxyl groups excluding tert-OH is 1. The number of hydrogen-bond acceptors (Lipinski definition) is 3. The predicted molar refractivity (Wildman–Crippen MR) is 133 cm³/mol. The molecule has 0 fully saturated rings. The molecule has 1 aromatic rings. The Hall–Kier alpha value is -2.51. The Morgan fingerprint density at radius 3 is 2.25 bits per heavy atom. The first-order chi connectivity index (χ1) is 14.9. The highest BCUT2D eigenvalue weighted by Crippen LogP contribution is 2.40. The van der Waals surface area contributed by atoms with Gasteiger partial charge in [-0.15, -0.1) is 11.3 Å². The van der Waals surface area contributed by atoms with Gasteiger partial charge in [0.05, 0.1) is 6.10 Å². The number of aliphatic hydroxyl groups is 1. The van der Waals surface area contributed by atoms with Crippen LogP contribution in [0.4, 0.5) is 0 Å². The lowest BCUT2D eigenvalue weighted by Crippen LogP contribution is -2.27. The van der Waals surface area contributed by atoms with Crippen molar-refractivity contribution in [1.82, 2.24) is 0 Å². The van der Waals surface area contributed by atoms with E-state index in [1.165, 1.54) is 11.1 Å². The highest BCUT2D eigenvalue weighted by molar-refractivity contribution is 5.94. The minimum absolute atomic E-state index is 0.135. The van der Waals surface area contributed by atoms with Crippen LogP contribution in [-0.2, 0) is 16.6 Å². The second kappa shape index (κ2) is 11.4. The summed E-state index contributed by atoms with van der Waals surface area (Å²) in [5.41, 5.74) is 4.76. The zero-order chi connectivity index (χ0) is 24.7. The van der Waals surface area contributed by atoms with E-state index in [1.54, 1.807) is 13.8 Å². The molecule has 0 heterocycles. The normalized spacial score (nSPS) is 14.4. The topological polar surface area (TPSA) is 66.7 Å². The molecule has 1 rings (SSSR count). The van der Waals surface area contributed by atoms with Crippen molar-refractivity contribution in [3.05, 3.63) is 62.6 Å². The van der Waals surface area contributed by atoms with Crippen LogP contribution < -0.4 is 0 Å². The zero-order valence-electron chi connectivity index (χ0n) is 21.0. The number of carbonyl (C=O) groups is 1. The van der Waals surface area contributed by atoms with Crippen LogP contribution in [0.1, 0.15) is 84.4 Å². The Bertz CT molecular complexity index is 934. The maximum absolute atomic E-state index is 11.7. The van der Waals surface area contributed by atoms with E-state index in [1.807, 2.05) is 6.08 Å². The fourth-order valence-electron chi connectivity index (χ4n) is 4.07. The lowest BCUT2D eigenvalue weighted by Gasteiger charge is -2.34. The summed E-state index contributed by atoms with van der Waals surface area (Å²) in [6.45, 7) is 15.8. The number of rotatable bonds is 9. The van der Waals surface area contributed by atoms with Crippen LogP contribution in [-0.4, -0.2) is 17.1 Å². The number of aryl methyl sites for hydroxylation is 2. The van der Waals surface area contributed by atoms with Crippen molar-refractivity contribution < 1.29 is 9.90 Å². The van der Waals surface area contributed by atoms with Gasteiger partial charge in [0.2, 0.25) is 0 Å². The summed E-state index contributed by atoms with van der Waals surface area (Å²) >= 11 is 0. The number of amides is 1. The number of benzene rings is 1. The van der Waals surface area contributed by atoms with E-state index >= 15 is 0 Å². The Morgan fingerprint density at radius 1 is 1.22 bits per heavy atom. The average molecular weight is 438 g/mol. The van der Waals surface area contributed by atoms with Crippen LogP contribution in [0.15, 0.2) is 46.2 Å². The van der Waals surface area contributed by atoms with Gasteiger partial charge in [-0.3, -0.25) is 4.79 Å². The Morgan fingerprint density at radius 2 is 1.81 bits per heavy atom. The summed E-state index contributed by atoms with van der Waals surface area (Å²) in [6.07, 6.45) is 10.6. The highest BCUT2D eigenvalue weighted by atomic mass is 16.3. The van der Waals surface area contributed by atoms with Gasteiger partial charge in [-0.25, -0.2) is 0 Å². The maximum atomic E-state index is 11.7. The molecule has 0 aliphatic heterocycles. The van der Waals surface area contributed by atoms with Crippen molar-refractivity contribution >= 4 is 5.91 Å². The molecule has 0 spiro atoms. The van der Waals surface area contributed by atoms with Crippen LogP contribution in [0.25, 0.3) is 0 Å². The van der Waals surface area contributed by atoms with Gasteiger partial charge < -0.3 is 5.11 Å². The Kier molecular flexibility index (Phi) is 9.79. The predicted octanol–water partition coefficient (Wildman–Crippen LogP) is 6.58. The van der Waals surface area contributed by atoms with E-state index in [2.05, 4.69) is 70.8 Å². The van der Waals surface area contributed by atoms with Crippen molar-refractivity contribution in [1.29, 1.82) is 0 Å². The largest absolute Gasteiger partial charge is 0.393 e. The zero-order valence-corrected chi connectivity index (χ0v) is 21.0. The lowest BCUT2D eigenvalue weighted by molar-refractivity contribution is -0.114. The summed E-state index contributed by atoms with van der Waals surface area (Å²) in [5.74, 6) is 2.08. The number of hydrogen-bond donors (Lipinski definition) is 1. The fraction of sp³-hybridized carbons (Fsp3) is 0.536. The maximum Gasteiger partial charge on any atom is 0.312 e. The van der Waals surface area contributed by atoms with Crippen molar-refractivity contribution in [3.8, 4) is 12.3 Å². The quantitative estimate of drug-likeness (QED) is 0.205. The molecular weight excluding hydrogens is 398 g/mol. The molecule has 4 nitrogen and oxygen atoms in total. The molecule has 0 aromatic heterocycles. The van der Waals surface area contributed by atoms with Gasteiger partial charge in [0.1, 0.15) is 0 Å². The molecule has 1 N–H and O–H groups in total. The van der Waals surface area contributed by atoms with E-state index in [-0.39, 0.29) is 16.9 Å². The third-order valence-corrected chi connectivity index (χ3v) is 6.82. The molecule has 4 heteroatoms. The first-order valence-corrected chi connectivity index (χ1v) is 11.4. The Labute approximate surface area is 194 Å². The molecule has 1 aromatic carbocycles. The second-order valence-corrected chi connectivity index (χ2v) is 9.76. The van der Waals surface area contributed by atoms with Crippen molar-refractivity contribution in [3.63, 3.8) is 0 Å². The van der Waals surface area contributed by atoms with E-state index in [0.29, 0.717) is 17.6 Å². The van der Waals surface area contributed by atoms with Gasteiger partial charge in [-0.2, -0.15) is 0 Å². The standard InChI is InChI=1S/C28H39NO3/c1-10-23(17-19(4)21(6)26(31)29-32)28(11-2,12-3)24-15-13-22(20(5)18-24)14-16-25(30)27(7,8)9/h1,13,15,17-18,25,30H,11-12,14,16H2,2-9H3/b21-19+,23-17+. The number of allylic oxidation sites excluding steroid dienone is 3. The molecule has 0 saturated heterocycles. The number of nitrogens with zero attached hydrogens (tertiary/aromatic N) is 1. The molecular formula is C28H39NO3. The number of carbonyl (C=O) groups excluding carboxylic acids is 1. The number of nitroso groups, excluding NO2 is 1. The monoisotopic (exact) mass is 437 g/mol. The van der Waals surface area contributed by atoms with Gasteiger partial charge in [-0.1, -0.05) is 58.7 Å². The molecule has 1 atom stereocenters. The smallest absolute Gasteiger partial charge is 0.312 e. The lowest BCUT2D eigenvalue weighted by atomic mass is 9.69. The second-order valence-electron chi connectivity index (χ2n) is 9.76.